The molecule has 2 aromatic rings. The number of nitro groups is 1. The second kappa shape index (κ2) is 9.97. The molecule has 0 aromatic heterocycles. The number of non-ortho nitro benzene ring substituents is 1. The van der Waals surface area contributed by atoms with E-state index in [1.807, 2.05) is 48.6 Å². The molecule has 9 heteroatoms. The summed E-state index contributed by atoms with van der Waals surface area (Å²) in [5.41, 5.74) is 3.37. The minimum Gasteiger partial charge on any atom is -0.621 e. The van der Waals surface area contributed by atoms with Crippen LogP contribution in [0, 0.1) is 10.1 Å². The molecule has 0 saturated carbocycles. The Morgan fingerprint density at radius 2 is 1.94 bits per heavy atom. The smallest absolute Gasteiger partial charge is 0.276 e. The lowest BCUT2D eigenvalue weighted by Crippen LogP contribution is -2.40. The first kappa shape index (κ1) is 22.0. The molecular formula is C23H23N4O4P. The summed E-state index contributed by atoms with van der Waals surface area (Å²) in [6.07, 6.45) is 11.5. The van der Waals surface area contributed by atoms with Crippen LogP contribution in [0.2, 0.25) is 0 Å². The van der Waals surface area contributed by atoms with Gasteiger partial charge >= 0.3 is 0 Å². The van der Waals surface area contributed by atoms with Crippen LogP contribution in [0.5, 0.6) is 0 Å². The van der Waals surface area contributed by atoms with Crippen molar-refractivity contribution in [1.29, 1.82) is 0 Å². The molecule has 8 nitrogen and oxygen atoms in total. The maximum atomic E-state index is 12.8. The summed E-state index contributed by atoms with van der Waals surface area (Å²) in [6, 6.07) is 14.5. The number of nitrogens with zero attached hydrogens (tertiary/aromatic N) is 3. The zero-order valence-electron chi connectivity index (χ0n) is 17.3. The van der Waals surface area contributed by atoms with Gasteiger partial charge in [0.25, 0.3) is 13.7 Å². The molecule has 0 aliphatic carbocycles. The van der Waals surface area contributed by atoms with Gasteiger partial charge in [-0.15, -0.1) is 0 Å². The second-order valence-electron chi connectivity index (χ2n) is 7.30. The standard InChI is InChI=1S/C23H23N4O4P/c28-27(29)23-8-7-21(22(16-23)18-24-17-20-5-2-1-3-6-20)15-19-9-12-26(13-10-19)32(30)25-11-4-14-31-32/h1-3,5-10,12-13,15-16,18H,4,11,14,17H2,(H,25,30). The highest BCUT2D eigenvalue weighted by Gasteiger charge is 2.36. The minimum absolute atomic E-state index is 0.00725. The Kier molecular flexibility index (Phi) is 6.87. The fourth-order valence-electron chi connectivity index (χ4n) is 3.31. The van der Waals surface area contributed by atoms with Crippen LogP contribution in [0.25, 0.3) is 6.08 Å². The summed E-state index contributed by atoms with van der Waals surface area (Å²) in [5, 5.41) is 14.2. The highest BCUT2D eigenvalue weighted by molar-refractivity contribution is 7.59. The molecular weight excluding hydrogens is 427 g/mol. The van der Waals surface area contributed by atoms with Gasteiger partial charge in [0.2, 0.25) is 0 Å². The Bertz CT molecular complexity index is 1080. The third kappa shape index (κ3) is 5.36. The summed E-state index contributed by atoms with van der Waals surface area (Å²) >= 11 is 0. The van der Waals surface area contributed by atoms with E-state index in [4.69, 9.17) is 4.52 Å². The second-order valence-corrected chi connectivity index (χ2v) is 9.37. The molecule has 164 valence electrons. The third-order valence-corrected chi connectivity index (χ3v) is 7.02. The van der Waals surface area contributed by atoms with Crippen molar-refractivity contribution in [3.63, 3.8) is 0 Å². The van der Waals surface area contributed by atoms with Crippen molar-refractivity contribution in [3.8, 4) is 0 Å². The van der Waals surface area contributed by atoms with Gasteiger partial charge in [-0.25, -0.2) is 0 Å². The van der Waals surface area contributed by atoms with Gasteiger partial charge < -0.3 is 4.89 Å². The van der Waals surface area contributed by atoms with E-state index in [1.165, 1.54) is 12.1 Å². The number of benzene rings is 2. The van der Waals surface area contributed by atoms with E-state index >= 15 is 0 Å². The quantitative estimate of drug-likeness (QED) is 0.309. The largest absolute Gasteiger partial charge is 0.621 e. The van der Waals surface area contributed by atoms with Gasteiger partial charge in [-0.1, -0.05) is 30.3 Å². The van der Waals surface area contributed by atoms with Crippen LogP contribution >= 0.6 is 8.02 Å². The van der Waals surface area contributed by atoms with Crippen molar-refractivity contribution < 1.29 is 14.3 Å². The summed E-state index contributed by atoms with van der Waals surface area (Å²) < 4.78 is 7.02. The molecule has 0 bridgehead atoms. The lowest BCUT2D eigenvalue weighted by atomic mass is 10.0. The zero-order valence-corrected chi connectivity index (χ0v) is 18.2. The van der Waals surface area contributed by atoms with E-state index in [9.17, 15) is 15.0 Å². The average molecular weight is 450 g/mol. The number of allylic oxidation sites excluding steroid dienone is 3. The molecule has 2 heterocycles. The maximum Gasteiger partial charge on any atom is 0.276 e. The predicted molar refractivity (Wildman–Crippen MR) is 124 cm³/mol. The molecule has 0 radical (unpaired) electrons. The number of hydrogen-bond donors (Lipinski definition) is 1. The van der Waals surface area contributed by atoms with Crippen molar-refractivity contribution in [2.45, 2.75) is 13.0 Å². The van der Waals surface area contributed by atoms with Crippen molar-refractivity contribution >= 4 is 26.0 Å². The fraction of sp³-hybridized carbons (Fsp3) is 0.174. The van der Waals surface area contributed by atoms with E-state index in [0.717, 1.165) is 23.1 Å². The first-order chi connectivity index (χ1) is 15.5. The Morgan fingerprint density at radius 3 is 2.62 bits per heavy atom. The average Bonchev–Trinajstić information content (AvgIpc) is 2.81. The monoisotopic (exact) mass is 450 g/mol. The molecule has 1 fully saturated rings. The molecule has 2 aliphatic heterocycles. The van der Waals surface area contributed by atoms with Crippen molar-refractivity contribution in [3.05, 3.63) is 105 Å². The maximum absolute atomic E-state index is 12.8. The van der Waals surface area contributed by atoms with E-state index in [0.29, 0.717) is 25.3 Å². The highest BCUT2D eigenvalue weighted by Crippen LogP contribution is 2.53. The van der Waals surface area contributed by atoms with Gasteiger partial charge in [0.15, 0.2) is 0 Å². The Hall–Kier alpha value is -3.16. The van der Waals surface area contributed by atoms with Crippen molar-refractivity contribution in [1.82, 2.24) is 9.76 Å². The molecule has 0 amide bonds. The fourth-order valence-corrected chi connectivity index (χ4v) is 5.00. The molecule has 1 atom stereocenters. The number of hydrogen-bond acceptors (Lipinski definition) is 7. The van der Waals surface area contributed by atoms with Crippen LogP contribution in [0.15, 0.2) is 83.6 Å². The van der Waals surface area contributed by atoms with E-state index in [2.05, 4.69) is 10.1 Å². The molecule has 1 N–H and O–H groups in total. The third-order valence-electron chi connectivity index (χ3n) is 4.99. The Labute approximate surface area is 187 Å². The van der Waals surface area contributed by atoms with Gasteiger partial charge in [0, 0.05) is 42.9 Å². The van der Waals surface area contributed by atoms with Gasteiger partial charge in [-0.2, -0.15) is 14.3 Å². The van der Waals surface area contributed by atoms with Crippen LogP contribution in [-0.4, -0.2) is 29.0 Å². The van der Waals surface area contributed by atoms with Crippen LogP contribution in [-0.2, 0) is 11.1 Å². The van der Waals surface area contributed by atoms with Crippen LogP contribution in [0.4, 0.5) is 5.69 Å². The molecule has 0 spiro atoms. The van der Waals surface area contributed by atoms with Crippen molar-refractivity contribution in [2.75, 3.05) is 13.2 Å². The highest BCUT2D eigenvalue weighted by atomic mass is 31.2. The lowest BCUT2D eigenvalue weighted by Gasteiger charge is -2.38. The normalized spacial score (nSPS) is 20.7. The number of nitro benzene ring substituents is 1. The van der Waals surface area contributed by atoms with E-state index in [1.54, 1.807) is 29.4 Å². The van der Waals surface area contributed by atoms with Gasteiger partial charge in [-0.3, -0.25) is 15.1 Å². The topological polar surface area (TPSA) is 103 Å². The van der Waals surface area contributed by atoms with Crippen LogP contribution in [0.3, 0.4) is 0 Å². The predicted octanol–water partition coefficient (Wildman–Crippen LogP) is 3.99. The van der Waals surface area contributed by atoms with E-state index in [-0.39, 0.29) is 5.69 Å². The number of aliphatic imine (C=N–C) groups is 1. The Morgan fingerprint density at radius 1 is 1.16 bits per heavy atom. The molecule has 32 heavy (non-hydrogen) atoms. The molecule has 1 saturated heterocycles. The number of rotatable bonds is 6. The van der Waals surface area contributed by atoms with Gasteiger partial charge in [0.05, 0.1) is 18.1 Å². The van der Waals surface area contributed by atoms with Crippen LogP contribution < -0.4 is 9.98 Å². The minimum atomic E-state index is -3.08. The first-order valence-corrected chi connectivity index (χ1v) is 11.8. The molecule has 4 rings (SSSR count). The summed E-state index contributed by atoms with van der Waals surface area (Å²) in [4.78, 5) is 28.1. The SMILES string of the molecule is O=[N+]([O-])c1ccc(C=C2C=CN([P+]3([O-])NCCCO3)C=C2)c(C=NCc2ccccc2)c1. The Balaban J connectivity index is 1.55. The summed E-state index contributed by atoms with van der Waals surface area (Å²) in [7, 11) is -3.08. The lowest BCUT2D eigenvalue weighted by molar-refractivity contribution is -0.384. The van der Waals surface area contributed by atoms with Gasteiger partial charge in [-0.05, 0) is 47.4 Å². The van der Waals surface area contributed by atoms with E-state index < -0.39 is 12.9 Å². The zero-order chi connectivity index (χ0) is 22.4. The summed E-state index contributed by atoms with van der Waals surface area (Å²) in [5.74, 6) is 0. The van der Waals surface area contributed by atoms with Gasteiger partial charge in [0.1, 0.15) is 0 Å². The summed E-state index contributed by atoms with van der Waals surface area (Å²) in [6.45, 7) is 1.59. The molecule has 2 aromatic carbocycles. The van der Waals surface area contributed by atoms with Crippen LogP contribution in [0.1, 0.15) is 23.1 Å². The number of nitrogens with one attached hydrogen (secondary N) is 1. The first-order valence-electron chi connectivity index (χ1n) is 10.2. The molecule has 2 aliphatic rings. The van der Waals surface area contributed by atoms with Crippen molar-refractivity contribution in [2.24, 2.45) is 4.99 Å². The molecule has 1 unspecified atom stereocenters.